The molecule has 1 aromatic heterocycles. The summed E-state index contributed by atoms with van der Waals surface area (Å²) in [7, 11) is 0. The highest BCUT2D eigenvalue weighted by molar-refractivity contribution is 5.14. The van der Waals surface area contributed by atoms with Gasteiger partial charge in [0.1, 0.15) is 6.33 Å². The lowest BCUT2D eigenvalue weighted by molar-refractivity contribution is -0.0139. The summed E-state index contributed by atoms with van der Waals surface area (Å²) in [6.45, 7) is 2.94. The van der Waals surface area contributed by atoms with Gasteiger partial charge in [0.15, 0.2) is 0 Å². The van der Waals surface area contributed by atoms with Crippen molar-refractivity contribution < 1.29 is 4.74 Å². The van der Waals surface area contributed by atoms with Crippen molar-refractivity contribution in [3.8, 4) is 0 Å². The fraction of sp³-hybridized carbons (Fsp3) is 0.667. The number of piperidine rings is 1. The van der Waals surface area contributed by atoms with Crippen LogP contribution in [-0.4, -0.2) is 35.3 Å². The standard InChI is InChI=1S/C12H17N3O/c1-2-12(8-13-3-1)4-10(7-16-12)11-5-14-9-15-6-11/h5-6,9-10,13H,1-4,7-8H2/t10-,12-/m0/s1. The largest absolute Gasteiger partial charge is 0.373 e. The molecule has 86 valence electrons. The van der Waals surface area contributed by atoms with Crippen molar-refractivity contribution in [3.05, 3.63) is 24.3 Å². The van der Waals surface area contributed by atoms with Gasteiger partial charge in [0, 0.05) is 24.9 Å². The normalized spacial score (nSPS) is 34.4. The van der Waals surface area contributed by atoms with Crippen molar-refractivity contribution in [2.24, 2.45) is 0 Å². The Balaban J connectivity index is 1.73. The molecule has 1 aromatic rings. The first-order chi connectivity index (χ1) is 7.88. The van der Waals surface area contributed by atoms with Crippen LogP contribution in [0.2, 0.25) is 0 Å². The Labute approximate surface area is 95.4 Å². The summed E-state index contributed by atoms with van der Waals surface area (Å²) >= 11 is 0. The SMILES string of the molecule is c1ncc([C@@H]2CO[C@@]3(CCCNC3)C2)cn1. The molecule has 0 aliphatic carbocycles. The second-order valence-electron chi connectivity index (χ2n) is 4.85. The van der Waals surface area contributed by atoms with E-state index < -0.39 is 0 Å². The summed E-state index contributed by atoms with van der Waals surface area (Å²) in [5, 5.41) is 3.43. The van der Waals surface area contributed by atoms with Crippen molar-refractivity contribution in [1.82, 2.24) is 15.3 Å². The number of nitrogens with zero attached hydrogens (tertiary/aromatic N) is 2. The number of nitrogens with one attached hydrogen (secondary N) is 1. The summed E-state index contributed by atoms with van der Waals surface area (Å²) in [6, 6.07) is 0. The highest BCUT2D eigenvalue weighted by atomic mass is 16.5. The van der Waals surface area contributed by atoms with Gasteiger partial charge in [-0.25, -0.2) is 9.97 Å². The highest BCUT2D eigenvalue weighted by Crippen LogP contribution is 2.39. The van der Waals surface area contributed by atoms with Gasteiger partial charge in [-0.15, -0.1) is 0 Å². The van der Waals surface area contributed by atoms with E-state index in [0.29, 0.717) is 5.92 Å². The average Bonchev–Trinajstić information content (AvgIpc) is 2.75. The van der Waals surface area contributed by atoms with Crippen molar-refractivity contribution >= 4 is 0 Å². The molecule has 2 aliphatic rings. The molecule has 2 saturated heterocycles. The smallest absolute Gasteiger partial charge is 0.115 e. The maximum atomic E-state index is 6.03. The summed E-state index contributed by atoms with van der Waals surface area (Å²) in [6.07, 6.45) is 8.92. The van der Waals surface area contributed by atoms with Crippen LogP contribution in [0.3, 0.4) is 0 Å². The van der Waals surface area contributed by atoms with Crippen LogP contribution in [0.1, 0.15) is 30.7 Å². The fourth-order valence-corrected chi connectivity index (χ4v) is 2.82. The topological polar surface area (TPSA) is 47.0 Å². The molecule has 0 saturated carbocycles. The number of hydrogen-bond acceptors (Lipinski definition) is 4. The highest BCUT2D eigenvalue weighted by Gasteiger charge is 2.41. The predicted octanol–water partition coefficient (Wildman–Crippen LogP) is 1.10. The summed E-state index contributed by atoms with van der Waals surface area (Å²) in [5.74, 6) is 0.473. The molecule has 2 aliphatic heterocycles. The zero-order chi connectivity index (χ0) is 10.8. The van der Waals surface area contributed by atoms with E-state index in [4.69, 9.17) is 4.74 Å². The lowest BCUT2D eigenvalue weighted by Gasteiger charge is -2.33. The van der Waals surface area contributed by atoms with Crippen LogP contribution < -0.4 is 5.32 Å². The third-order valence-electron chi connectivity index (χ3n) is 3.69. The molecule has 0 aromatic carbocycles. The van der Waals surface area contributed by atoms with Crippen LogP contribution in [0.25, 0.3) is 0 Å². The fourth-order valence-electron chi connectivity index (χ4n) is 2.82. The Morgan fingerprint density at radius 1 is 1.38 bits per heavy atom. The van der Waals surface area contributed by atoms with Gasteiger partial charge < -0.3 is 10.1 Å². The molecule has 0 amide bonds. The molecule has 0 radical (unpaired) electrons. The molecular weight excluding hydrogens is 202 g/mol. The minimum Gasteiger partial charge on any atom is -0.373 e. The van der Waals surface area contributed by atoms with E-state index in [1.807, 2.05) is 12.4 Å². The number of ether oxygens (including phenoxy) is 1. The molecule has 0 unspecified atom stereocenters. The lowest BCUT2D eigenvalue weighted by Crippen LogP contribution is -2.45. The molecule has 3 rings (SSSR count). The minimum absolute atomic E-state index is 0.0821. The molecule has 2 atom stereocenters. The van der Waals surface area contributed by atoms with Gasteiger partial charge in [-0.05, 0) is 31.4 Å². The van der Waals surface area contributed by atoms with Crippen LogP contribution in [0.5, 0.6) is 0 Å². The summed E-state index contributed by atoms with van der Waals surface area (Å²) < 4.78 is 6.03. The molecular formula is C12H17N3O. The van der Waals surface area contributed by atoms with Crippen molar-refractivity contribution in [3.63, 3.8) is 0 Å². The average molecular weight is 219 g/mol. The number of rotatable bonds is 1. The monoisotopic (exact) mass is 219 g/mol. The Kier molecular flexibility index (Phi) is 2.61. The molecule has 16 heavy (non-hydrogen) atoms. The van der Waals surface area contributed by atoms with Gasteiger partial charge in [0.05, 0.1) is 12.2 Å². The first kappa shape index (κ1) is 10.2. The zero-order valence-electron chi connectivity index (χ0n) is 9.35. The second kappa shape index (κ2) is 4.11. The Morgan fingerprint density at radius 2 is 2.25 bits per heavy atom. The van der Waals surface area contributed by atoms with Gasteiger partial charge in [-0.2, -0.15) is 0 Å². The van der Waals surface area contributed by atoms with Gasteiger partial charge >= 0.3 is 0 Å². The third kappa shape index (κ3) is 1.83. The van der Waals surface area contributed by atoms with Crippen LogP contribution in [0.15, 0.2) is 18.7 Å². The van der Waals surface area contributed by atoms with Crippen molar-refractivity contribution in [1.29, 1.82) is 0 Å². The van der Waals surface area contributed by atoms with E-state index in [0.717, 1.165) is 26.1 Å². The molecule has 0 bridgehead atoms. The number of aromatic nitrogens is 2. The van der Waals surface area contributed by atoms with E-state index in [2.05, 4.69) is 15.3 Å². The molecule has 1 spiro atoms. The molecule has 3 heterocycles. The van der Waals surface area contributed by atoms with Crippen molar-refractivity contribution in [2.45, 2.75) is 30.8 Å². The van der Waals surface area contributed by atoms with Gasteiger partial charge in [0.25, 0.3) is 0 Å². The quantitative estimate of drug-likeness (QED) is 0.768. The van der Waals surface area contributed by atoms with Crippen LogP contribution in [0, 0.1) is 0 Å². The van der Waals surface area contributed by atoms with Crippen LogP contribution in [0.4, 0.5) is 0 Å². The van der Waals surface area contributed by atoms with E-state index in [1.54, 1.807) is 6.33 Å². The molecule has 4 nitrogen and oxygen atoms in total. The maximum absolute atomic E-state index is 6.03. The minimum atomic E-state index is 0.0821. The van der Waals surface area contributed by atoms with E-state index in [-0.39, 0.29) is 5.60 Å². The predicted molar refractivity (Wildman–Crippen MR) is 60.2 cm³/mol. The zero-order valence-corrected chi connectivity index (χ0v) is 9.35. The van der Waals surface area contributed by atoms with Gasteiger partial charge in [-0.1, -0.05) is 0 Å². The van der Waals surface area contributed by atoms with E-state index in [1.165, 1.54) is 18.4 Å². The molecule has 1 N–H and O–H groups in total. The first-order valence-corrected chi connectivity index (χ1v) is 5.98. The maximum Gasteiger partial charge on any atom is 0.115 e. The Hall–Kier alpha value is -1.00. The van der Waals surface area contributed by atoms with Crippen LogP contribution >= 0.6 is 0 Å². The van der Waals surface area contributed by atoms with Crippen molar-refractivity contribution in [2.75, 3.05) is 19.7 Å². The van der Waals surface area contributed by atoms with E-state index in [9.17, 15) is 0 Å². The van der Waals surface area contributed by atoms with Gasteiger partial charge in [0.2, 0.25) is 0 Å². The van der Waals surface area contributed by atoms with E-state index >= 15 is 0 Å². The lowest BCUT2D eigenvalue weighted by atomic mass is 9.86. The molecule has 4 heteroatoms. The first-order valence-electron chi connectivity index (χ1n) is 5.98. The Bertz CT molecular complexity index is 349. The number of hydrogen-bond donors (Lipinski definition) is 1. The van der Waals surface area contributed by atoms with Gasteiger partial charge in [-0.3, -0.25) is 0 Å². The second-order valence-corrected chi connectivity index (χ2v) is 4.85. The Morgan fingerprint density at radius 3 is 3.00 bits per heavy atom. The molecule has 2 fully saturated rings. The van der Waals surface area contributed by atoms with Crippen LogP contribution in [-0.2, 0) is 4.74 Å². The third-order valence-corrected chi connectivity index (χ3v) is 3.69. The summed E-state index contributed by atoms with van der Waals surface area (Å²) in [5.41, 5.74) is 1.30. The summed E-state index contributed by atoms with van der Waals surface area (Å²) in [4.78, 5) is 8.16.